The Morgan fingerprint density at radius 2 is 1.86 bits per heavy atom. The molecule has 0 radical (unpaired) electrons. The van der Waals surface area contributed by atoms with Crippen LogP contribution in [0.15, 0.2) is 0 Å². The maximum absolute atomic E-state index is 12.5. The SMILES string of the molecule is CSCCC(NC(N)=O)C(=O)N1CCN(CC(C)C)CC1. The monoisotopic (exact) mass is 316 g/mol. The number of thioether (sulfide) groups is 1. The van der Waals surface area contributed by atoms with Crippen LogP contribution in [0.25, 0.3) is 0 Å². The second-order valence-corrected chi connectivity index (χ2v) is 6.85. The molecule has 21 heavy (non-hydrogen) atoms. The Balaban J connectivity index is 2.50. The van der Waals surface area contributed by atoms with Gasteiger partial charge in [-0.15, -0.1) is 0 Å². The highest BCUT2D eigenvalue weighted by Gasteiger charge is 2.27. The molecule has 1 unspecified atom stereocenters. The van der Waals surface area contributed by atoms with E-state index < -0.39 is 12.1 Å². The third kappa shape index (κ3) is 6.56. The second kappa shape index (κ2) is 9.15. The van der Waals surface area contributed by atoms with Crippen molar-refractivity contribution in [3.8, 4) is 0 Å². The zero-order valence-electron chi connectivity index (χ0n) is 13.3. The lowest BCUT2D eigenvalue weighted by Crippen LogP contribution is -2.56. The molecule has 1 aliphatic heterocycles. The zero-order chi connectivity index (χ0) is 15.8. The molecule has 0 aliphatic carbocycles. The number of rotatable bonds is 7. The number of urea groups is 1. The molecule has 122 valence electrons. The van der Waals surface area contributed by atoms with Gasteiger partial charge in [-0.2, -0.15) is 11.8 Å². The molecule has 1 heterocycles. The molecule has 1 aliphatic rings. The molecule has 0 saturated carbocycles. The summed E-state index contributed by atoms with van der Waals surface area (Å²) in [6, 6.07) is -1.13. The van der Waals surface area contributed by atoms with Gasteiger partial charge in [0, 0.05) is 32.7 Å². The minimum atomic E-state index is -0.632. The number of hydrogen-bond donors (Lipinski definition) is 2. The largest absolute Gasteiger partial charge is 0.352 e. The Morgan fingerprint density at radius 3 is 2.33 bits per heavy atom. The number of nitrogens with two attached hydrogens (primary N) is 1. The Bertz CT molecular complexity index is 344. The quantitative estimate of drug-likeness (QED) is 0.720. The fraction of sp³-hybridized carbons (Fsp3) is 0.857. The fourth-order valence-corrected chi connectivity index (χ4v) is 3.02. The standard InChI is InChI=1S/C14H28N4O2S/c1-11(2)10-17-5-7-18(8-6-17)13(19)12(4-9-21-3)16-14(15)20/h11-12H,4-10H2,1-3H3,(H3,15,16,20). The Kier molecular flexibility index (Phi) is 7.88. The number of piperazine rings is 1. The van der Waals surface area contributed by atoms with Crippen LogP contribution in [0.3, 0.4) is 0 Å². The van der Waals surface area contributed by atoms with Gasteiger partial charge < -0.3 is 16.0 Å². The lowest BCUT2D eigenvalue weighted by molar-refractivity contribution is -0.135. The molecular formula is C14H28N4O2S. The molecule has 0 aromatic heterocycles. The summed E-state index contributed by atoms with van der Waals surface area (Å²) in [7, 11) is 0. The summed E-state index contributed by atoms with van der Waals surface area (Å²) in [6.07, 6.45) is 2.60. The van der Waals surface area contributed by atoms with Gasteiger partial charge in [-0.25, -0.2) is 4.79 Å². The highest BCUT2D eigenvalue weighted by molar-refractivity contribution is 7.98. The van der Waals surface area contributed by atoms with Crippen molar-refractivity contribution in [1.29, 1.82) is 0 Å². The molecular weight excluding hydrogens is 288 g/mol. The summed E-state index contributed by atoms with van der Waals surface area (Å²) in [5, 5.41) is 2.58. The summed E-state index contributed by atoms with van der Waals surface area (Å²) in [5.41, 5.74) is 5.17. The van der Waals surface area contributed by atoms with Crippen molar-refractivity contribution >= 4 is 23.7 Å². The van der Waals surface area contributed by atoms with Gasteiger partial charge in [0.05, 0.1) is 0 Å². The molecule has 0 aromatic rings. The highest BCUT2D eigenvalue weighted by Crippen LogP contribution is 2.09. The molecule has 6 nitrogen and oxygen atoms in total. The van der Waals surface area contributed by atoms with Crippen molar-refractivity contribution in [2.24, 2.45) is 11.7 Å². The third-order valence-corrected chi connectivity index (χ3v) is 4.18. The zero-order valence-corrected chi connectivity index (χ0v) is 14.1. The van der Waals surface area contributed by atoms with Crippen molar-refractivity contribution in [2.75, 3.05) is 44.7 Å². The molecule has 1 rings (SSSR count). The van der Waals surface area contributed by atoms with Gasteiger partial charge in [0.2, 0.25) is 5.91 Å². The topological polar surface area (TPSA) is 78.7 Å². The first-order valence-corrected chi connectivity index (χ1v) is 8.89. The Morgan fingerprint density at radius 1 is 1.24 bits per heavy atom. The van der Waals surface area contributed by atoms with Gasteiger partial charge >= 0.3 is 6.03 Å². The van der Waals surface area contributed by atoms with Gasteiger partial charge in [-0.1, -0.05) is 13.8 Å². The van der Waals surface area contributed by atoms with E-state index in [1.807, 2.05) is 11.2 Å². The average Bonchev–Trinajstić information content (AvgIpc) is 2.42. The van der Waals surface area contributed by atoms with Gasteiger partial charge in [-0.05, 0) is 24.3 Å². The van der Waals surface area contributed by atoms with E-state index in [4.69, 9.17) is 5.73 Å². The van der Waals surface area contributed by atoms with Crippen molar-refractivity contribution in [2.45, 2.75) is 26.3 Å². The van der Waals surface area contributed by atoms with Crippen molar-refractivity contribution < 1.29 is 9.59 Å². The first-order chi connectivity index (χ1) is 9.93. The van der Waals surface area contributed by atoms with Crippen LogP contribution in [0.2, 0.25) is 0 Å². The van der Waals surface area contributed by atoms with Gasteiger partial charge in [0.1, 0.15) is 6.04 Å². The van der Waals surface area contributed by atoms with Crippen LogP contribution in [0.4, 0.5) is 4.79 Å². The average molecular weight is 316 g/mol. The molecule has 3 amide bonds. The Labute approximate surface area is 131 Å². The normalized spacial score (nSPS) is 17.8. The number of hydrogen-bond acceptors (Lipinski definition) is 4. The third-order valence-electron chi connectivity index (χ3n) is 3.53. The summed E-state index contributed by atoms with van der Waals surface area (Å²) in [5.74, 6) is 1.45. The Hall–Kier alpha value is -0.950. The van der Waals surface area contributed by atoms with Crippen LogP contribution in [-0.2, 0) is 4.79 Å². The number of amides is 3. The van der Waals surface area contributed by atoms with Crippen molar-refractivity contribution in [1.82, 2.24) is 15.1 Å². The number of nitrogens with zero attached hydrogens (tertiary/aromatic N) is 2. The van der Waals surface area contributed by atoms with Gasteiger partial charge in [-0.3, -0.25) is 9.69 Å². The summed E-state index contributed by atoms with van der Waals surface area (Å²) < 4.78 is 0. The molecule has 0 aromatic carbocycles. The summed E-state index contributed by atoms with van der Waals surface area (Å²) in [6.45, 7) is 8.71. The van der Waals surface area contributed by atoms with Crippen molar-refractivity contribution in [3.63, 3.8) is 0 Å². The highest BCUT2D eigenvalue weighted by atomic mass is 32.2. The van der Waals surface area contributed by atoms with E-state index in [2.05, 4.69) is 24.1 Å². The molecule has 0 bridgehead atoms. The minimum absolute atomic E-state index is 0.00736. The van der Waals surface area contributed by atoms with Crippen LogP contribution in [0, 0.1) is 5.92 Å². The smallest absolute Gasteiger partial charge is 0.312 e. The molecule has 3 N–H and O–H groups in total. The number of primary amides is 1. The van der Waals surface area contributed by atoms with E-state index in [-0.39, 0.29) is 5.91 Å². The first-order valence-electron chi connectivity index (χ1n) is 7.50. The fourth-order valence-electron chi connectivity index (χ4n) is 2.55. The van der Waals surface area contributed by atoms with Crippen LogP contribution in [0.1, 0.15) is 20.3 Å². The first kappa shape index (κ1) is 18.1. The van der Waals surface area contributed by atoms with E-state index >= 15 is 0 Å². The van der Waals surface area contributed by atoms with E-state index in [0.29, 0.717) is 12.3 Å². The lowest BCUT2D eigenvalue weighted by Gasteiger charge is -2.37. The van der Waals surface area contributed by atoms with E-state index in [1.54, 1.807) is 11.8 Å². The summed E-state index contributed by atoms with van der Waals surface area (Å²) >= 11 is 1.66. The molecule has 1 atom stereocenters. The number of carbonyl (C=O) groups excluding carboxylic acids is 2. The molecule has 7 heteroatoms. The maximum atomic E-state index is 12.5. The predicted molar refractivity (Wildman–Crippen MR) is 87.4 cm³/mol. The van der Waals surface area contributed by atoms with Crippen LogP contribution < -0.4 is 11.1 Å². The van der Waals surface area contributed by atoms with Crippen LogP contribution in [-0.4, -0.2) is 72.5 Å². The maximum Gasteiger partial charge on any atom is 0.312 e. The number of nitrogens with one attached hydrogen (secondary N) is 1. The predicted octanol–water partition coefficient (Wildman–Crippen LogP) is 0.577. The number of carbonyl (C=O) groups is 2. The van der Waals surface area contributed by atoms with Gasteiger partial charge in [0.15, 0.2) is 0 Å². The second-order valence-electron chi connectivity index (χ2n) is 5.86. The lowest BCUT2D eigenvalue weighted by atomic mass is 10.1. The van der Waals surface area contributed by atoms with E-state index in [1.165, 1.54) is 0 Å². The van der Waals surface area contributed by atoms with E-state index in [9.17, 15) is 9.59 Å². The molecule has 1 saturated heterocycles. The van der Waals surface area contributed by atoms with E-state index in [0.717, 1.165) is 38.5 Å². The van der Waals surface area contributed by atoms with Crippen molar-refractivity contribution in [3.05, 3.63) is 0 Å². The molecule has 0 spiro atoms. The minimum Gasteiger partial charge on any atom is -0.352 e. The molecule has 1 fully saturated rings. The van der Waals surface area contributed by atoms with Crippen LogP contribution in [0.5, 0.6) is 0 Å². The van der Waals surface area contributed by atoms with Gasteiger partial charge in [0.25, 0.3) is 0 Å². The summed E-state index contributed by atoms with van der Waals surface area (Å²) in [4.78, 5) is 27.8. The van der Waals surface area contributed by atoms with Crippen LogP contribution >= 0.6 is 11.8 Å².